The minimum atomic E-state index is -1.03. The van der Waals surface area contributed by atoms with Gasteiger partial charge in [-0.2, -0.15) is 0 Å². The van der Waals surface area contributed by atoms with E-state index < -0.39 is 18.0 Å². The fraction of sp³-hybridized carbons (Fsp3) is 0.667. The van der Waals surface area contributed by atoms with Crippen molar-refractivity contribution < 1.29 is 24.5 Å². The molecule has 0 aromatic carbocycles. The highest BCUT2D eigenvalue weighted by atomic mass is 32.2. The van der Waals surface area contributed by atoms with E-state index in [2.05, 4.69) is 0 Å². The smallest absolute Gasteiger partial charge is 0.344 e. The molecule has 0 spiro atoms. The molecule has 3 aliphatic heterocycles. The number of carbonyl (C=O) groups excluding carboxylic acids is 1. The average Bonchev–Trinajstić information content (AvgIpc) is 2.91. The quantitative estimate of drug-likeness (QED) is 0.729. The van der Waals surface area contributed by atoms with Crippen LogP contribution in [0.5, 0.6) is 0 Å². The molecule has 3 rings (SSSR count). The highest BCUT2D eigenvalue weighted by Gasteiger charge is 2.58. The summed E-state index contributed by atoms with van der Waals surface area (Å²) < 4.78 is 5.52. The normalized spacial score (nSPS) is 35.4. The van der Waals surface area contributed by atoms with Gasteiger partial charge < -0.3 is 14.9 Å². The van der Waals surface area contributed by atoms with Crippen LogP contribution >= 0.6 is 11.8 Å². The van der Waals surface area contributed by atoms with Gasteiger partial charge in [-0.25, -0.2) is 4.79 Å². The van der Waals surface area contributed by atoms with Gasteiger partial charge >= 0.3 is 5.97 Å². The Morgan fingerprint density at radius 3 is 2.84 bits per heavy atom. The van der Waals surface area contributed by atoms with Crippen LogP contribution in [-0.4, -0.2) is 51.2 Å². The van der Waals surface area contributed by atoms with Crippen LogP contribution in [0.25, 0.3) is 0 Å². The Labute approximate surface area is 114 Å². The highest BCUT2D eigenvalue weighted by Crippen LogP contribution is 2.52. The van der Waals surface area contributed by atoms with E-state index in [1.807, 2.05) is 0 Å². The number of rotatable bonds is 3. The first-order valence-corrected chi connectivity index (χ1v) is 7.17. The van der Waals surface area contributed by atoms with Gasteiger partial charge in [0.25, 0.3) is 0 Å². The zero-order valence-electron chi connectivity index (χ0n) is 10.4. The number of carboxylic acid groups (broad SMARTS) is 1. The highest BCUT2D eigenvalue weighted by molar-refractivity contribution is 8.04. The lowest BCUT2D eigenvalue weighted by Gasteiger charge is -2.45. The Hall–Kier alpha value is -1.05. The first kappa shape index (κ1) is 13.0. The first-order valence-electron chi connectivity index (χ1n) is 6.29. The molecule has 0 unspecified atom stereocenters. The number of hydrogen-bond acceptors (Lipinski definition) is 5. The van der Waals surface area contributed by atoms with Crippen LogP contribution in [0, 0.1) is 5.92 Å². The molecular weight excluding hydrogens is 270 g/mol. The van der Waals surface area contributed by atoms with E-state index in [1.54, 1.807) is 6.92 Å². The SMILES string of the molecule is C[C@@H](O)[C@H]1C(=O)N2C([C@H]3CCCO3)=C(C(=O)O)S[C@H]12. The van der Waals surface area contributed by atoms with Gasteiger partial charge in [0, 0.05) is 6.61 Å². The number of β-lactam (4-membered cyclic amide) rings is 1. The third kappa shape index (κ3) is 1.79. The second-order valence-electron chi connectivity index (χ2n) is 5.00. The van der Waals surface area contributed by atoms with Gasteiger partial charge in [-0.3, -0.25) is 9.69 Å². The second kappa shape index (κ2) is 4.50. The topological polar surface area (TPSA) is 87.1 Å². The molecule has 0 bridgehead atoms. The van der Waals surface area contributed by atoms with Crippen LogP contribution in [0.3, 0.4) is 0 Å². The first-order chi connectivity index (χ1) is 9.02. The van der Waals surface area contributed by atoms with Crippen molar-refractivity contribution in [2.45, 2.75) is 37.3 Å². The number of fused-ring (bicyclic) bond motifs is 1. The van der Waals surface area contributed by atoms with Gasteiger partial charge in [-0.05, 0) is 19.8 Å². The predicted octanol–water partition coefficient (Wildman–Crippen LogP) is 0.374. The maximum absolute atomic E-state index is 12.1. The molecule has 7 heteroatoms. The molecule has 2 fully saturated rings. The van der Waals surface area contributed by atoms with Crippen molar-refractivity contribution in [3.63, 3.8) is 0 Å². The molecule has 3 heterocycles. The molecule has 19 heavy (non-hydrogen) atoms. The number of aliphatic hydroxyl groups is 1. The third-order valence-corrected chi connectivity index (χ3v) is 5.13. The number of ether oxygens (including phenoxy) is 1. The minimum Gasteiger partial charge on any atom is -0.477 e. The minimum absolute atomic E-state index is 0.188. The van der Waals surface area contributed by atoms with Gasteiger partial charge in [0.15, 0.2) is 0 Å². The molecule has 2 saturated heterocycles. The lowest BCUT2D eigenvalue weighted by molar-refractivity contribution is -0.153. The summed E-state index contributed by atoms with van der Waals surface area (Å²) >= 11 is 1.15. The fourth-order valence-electron chi connectivity index (χ4n) is 2.86. The van der Waals surface area contributed by atoms with Crippen molar-refractivity contribution in [1.82, 2.24) is 4.90 Å². The maximum Gasteiger partial charge on any atom is 0.344 e. The van der Waals surface area contributed by atoms with E-state index in [0.29, 0.717) is 12.3 Å². The maximum atomic E-state index is 12.1. The molecule has 104 valence electrons. The van der Waals surface area contributed by atoms with Crippen molar-refractivity contribution in [3.05, 3.63) is 10.6 Å². The standard InChI is InChI=1S/C12H15NO5S/c1-5(14)7-10(15)13-8(6-3-2-4-18-6)9(12(16)17)19-11(7)13/h5-7,11,14H,2-4H2,1H3,(H,16,17)/t5-,6-,7+,11-/m1/s1. The van der Waals surface area contributed by atoms with Crippen LogP contribution in [0.15, 0.2) is 10.6 Å². The van der Waals surface area contributed by atoms with E-state index in [1.165, 1.54) is 4.90 Å². The van der Waals surface area contributed by atoms with Crippen LogP contribution in [0.4, 0.5) is 0 Å². The molecular formula is C12H15NO5S. The van der Waals surface area contributed by atoms with E-state index in [0.717, 1.165) is 24.6 Å². The molecule has 0 aromatic heterocycles. The lowest BCUT2D eigenvalue weighted by atomic mass is 9.91. The van der Waals surface area contributed by atoms with Gasteiger partial charge in [0.1, 0.15) is 10.3 Å². The Bertz CT molecular complexity index is 469. The van der Waals surface area contributed by atoms with Gasteiger partial charge in [0.05, 0.1) is 23.8 Å². The van der Waals surface area contributed by atoms with Gasteiger partial charge in [-0.15, -0.1) is 0 Å². The summed E-state index contributed by atoms with van der Waals surface area (Å²) in [4.78, 5) is 25.1. The summed E-state index contributed by atoms with van der Waals surface area (Å²) in [5, 5.41) is 18.6. The molecule has 0 saturated carbocycles. The summed E-state index contributed by atoms with van der Waals surface area (Å²) in [6.45, 7) is 2.16. The number of carbonyl (C=O) groups is 2. The molecule has 3 aliphatic rings. The van der Waals surface area contributed by atoms with Crippen LogP contribution < -0.4 is 0 Å². The molecule has 1 amide bonds. The Balaban J connectivity index is 1.92. The van der Waals surface area contributed by atoms with E-state index in [4.69, 9.17) is 4.74 Å². The number of nitrogens with zero attached hydrogens (tertiary/aromatic N) is 1. The number of amides is 1. The van der Waals surface area contributed by atoms with Crippen molar-refractivity contribution in [2.24, 2.45) is 5.92 Å². The average molecular weight is 285 g/mol. The second-order valence-corrected chi connectivity index (χ2v) is 6.13. The van der Waals surface area contributed by atoms with Gasteiger partial charge in [0.2, 0.25) is 5.91 Å². The van der Waals surface area contributed by atoms with E-state index in [9.17, 15) is 19.8 Å². The fourth-order valence-corrected chi connectivity index (χ4v) is 4.36. The van der Waals surface area contributed by atoms with Crippen LogP contribution in [0.1, 0.15) is 19.8 Å². The molecule has 0 aliphatic carbocycles. The van der Waals surface area contributed by atoms with Crippen molar-refractivity contribution in [1.29, 1.82) is 0 Å². The van der Waals surface area contributed by atoms with Crippen LogP contribution in [-0.2, 0) is 14.3 Å². The zero-order chi connectivity index (χ0) is 13.7. The zero-order valence-corrected chi connectivity index (χ0v) is 11.2. The molecule has 0 radical (unpaired) electrons. The third-order valence-electron chi connectivity index (χ3n) is 3.76. The number of aliphatic hydroxyl groups excluding tert-OH is 1. The van der Waals surface area contributed by atoms with Crippen molar-refractivity contribution in [2.75, 3.05) is 6.61 Å². The number of thioether (sulfide) groups is 1. The summed E-state index contributed by atoms with van der Waals surface area (Å²) in [6.07, 6.45) is 0.545. The number of hydrogen-bond donors (Lipinski definition) is 2. The summed E-state index contributed by atoms with van der Waals surface area (Å²) in [5.41, 5.74) is 0.488. The molecule has 6 nitrogen and oxygen atoms in total. The summed E-state index contributed by atoms with van der Waals surface area (Å²) in [7, 11) is 0. The van der Waals surface area contributed by atoms with Gasteiger partial charge in [-0.1, -0.05) is 11.8 Å². The van der Waals surface area contributed by atoms with Crippen LogP contribution in [0.2, 0.25) is 0 Å². The molecule has 4 atom stereocenters. The van der Waals surface area contributed by atoms with Crippen molar-refractivity contribution in [3.8, 4) is 0 Å². The lowest BCUT2D eigenvalue weighted by Crippen LogP contribution is -2.61. The largest absolute Gasteiger partial charge is 0.477 e. The van der Waals surface area contributed by atoms with E-state index >= 15 is 0 Å². The summed E-state index contributed by atoms with van der Waals surface area (Å²) in [6, 6.07) is 0. The molecule has 2 N–H and O–H groups in total. The number of aliphatic carboxylic acids is 1. The predicted molar refractivity (Wildman–Crippen MR) is 67.0 cm³/mol. The Morgan fingerprint density at radius 2 is 2.32 bits per heavy atom. The summed E-state index contributed by atoms with van der Waals surface area (Å²) in [5.74, 6) is -1.74. The Kier molecular flexibility index (Phi) is 3.07. The monoisotopic (exact) mass is 285 g/mol. The Morgan fingerprint density at radius 1 is 1.58 bits per heavy atom. The number of carboxylic acids is 1. The van der Waals surface area contributed by atoms with Crippen molar-refractivity contribution >= 4 is 23.6 Å². The molecule has 0 aromatic rings. The van der Waals surface area contributed by atoms with E-state index in [-0.39, 0.29) is 22.3 Å².